The molecule has 4 nitrogen and oxygen atoms in total. The maximum Gasteiger partial charge on any atom is 0.328 e. The van der Waals surface area contributed by atoms with Gasteiger partial charge in [-0.1, -0.05) is 28.1 Å². The van der Waals surface area contributed by atoms with Gasteiger partial charge in [-0.05, 0) is 25.0 Å². The van der Waals surface area contributed by atoms with E-state index >= 15 is 0 Å². The molecule has 98 valence electrons. The minimum absolute atomic E-state index is 0.0526. The summed E-state index contributed by atoms with van der Waals surface area (Å²) in [6.07, 6.45) is 5.58. The van der Waals surface area contributed by atoms with Crippen LogP contribution in [0.25, 0.3) is 0 Å². The molecule has 0 saturated heterocycles. The zero-order valence-electron chi connectivity index (χ0n) is 10.3. The highest BCUT2D eigenvalue weighted by Gasteiger charge is 2.25. The van der Waals surface area contributed by atoms with E-state index < -0.39 is 0 Å². The van der Waals surface area contributed by atoms with Crippen molar-refractivity contribution >= 4 is 21.7 Å². The molecule has 1 aromatic carbocycles. The fourth-order valence-electron chi connectivity index (χ4n) is 2.06. The number of aromatic nitrogens is 2. The van der Waals surface area contributed by atoms with E-state index in [2.05, 4.69) is 15.9 Å². The predicted octanol–water partition coefficient (Wildman–Crippen LogP) is 2.63. The highest BCUT2D eigenvalue weighted by molar-refractivity contribution is 9.10. The summed E-state index contributed by atoms with van der Waals surface area (Å²) >= 11 is 3.33. The number of hydrogen-bond acceptors (Lipinski definition) is 2. The minimum Gasteiger partial charge on any atom is -0.296 e. The second-order valence-corrected chi connectivity index (χ2v) is 5.69. The van der Waals surface area contributed by atoms with Gasteiger partial charge in [0.2, 0.25) is 0 Å². The molecular weight excluding hydrogens is 308 g/mol. The van der Waals surface area contributed by atoms with E-state index in [4.69, 9.17) is 0 Å². The van der Waals surface area contributed by atoms with Crippen molar-refractivity contribution in [3.05, 3.63) is 57.2 Å². The molecule has 1 heterocycles. The number of hydrogen-bond donors (Lipinski definition) is 0. The molecule has 0 atom stereocenters. The second kappa shape index (κ2) is 4.81. The van der Waals surface area contributed by atoms with Crippen molar-refractivity contribution in [1.29, 1.82) is 0 Å². The first kappa shape index (κ1) is 12.4. The number of nitrogens with zero attached hydrogens (tertiary/aromatic N) is 2. The number of carbonyl (C=O) groups excluding carboxylic acids is 1. The molecule has 0 spiro atoms. The van der Waals surface area contributed by atoms with E-state index in [9.17, 15) is 9.59 Å². The molecule has 1 fully saturated rings. The lowest BCUT2D eigenvalue weighted by Gasteiger charge is -2.02. The van der Waals surface area contributed by atoms with Crippen molar-refractivity contribution in [3.63, 3.8) is 0 Å². The van der Waals surface area contributed by atoms with Crippen molar-refractivity contribution in [2.75, 3.05) is 0 Å². The largest absolute Gasteiger partial charge is 0.328 e. The number of benzene rings is 1. The van der Waals surface area contributed by atoms with Gasteiger partial charge in [0.05, 0.1) is 6.54 Å². The van der Waals surface area contributed by atoms with Gasteiger partial charge in [0, 0.05) is 28.5 Å². The average Bonchev–Trinajstić information content (AvgIpc) is 3.17. The molecule has 19 heavy (non-hydrogen) atoms. The standard InChI is InChI=1S/C14H13BrN2O2/c15-11-3-1-10(2-4-11)13(18)9-16-7-8-17(14(16)19)12-5-6-12/h1-4,7-8,12H,5-6,9H2. The van der Waals surface area contributed by atoms with Crippen molar-refractivity contribution in [1.82, 2.24) is 9.13 Å². The quantitative estimate of drug-likeness (QED) is 0.813. The van der Waals surface area contributed by atoms with Crippen LogP contribution >= 0.6 is 15.9 Å². The third-order valence-electron chi connectivity index (χ3n) is 3.29. The number of ketones is 1. The lowest BCUT2D eigenvalue weighted by Crippen LogP contribution is -2.26. The average molecular weight is 321 g/mol. The third kappa shape index (κ3) is 2.56. The lowest BCUT2D eigenvalue weighted by atomic mass is 10.1. The molecule has 0 N–H and O–H groups in total. The Morgan fingerprint density at radius 2 is 1.89 bits per heavy atom. The van der Waals surface area contributed by atoms with Crippen molar-refractivity contribution < 1.29 is 4.79 Å². The summed E-state index contributed by atoms with van der Waals surface area (Å²) in [5, 5.41) is 0. The van der Waals surface area contributed by atoms with Gasteiger partial charge < -0.3 is 0 Å². The summed E-state index contributed by atoms with van der Waals surface area (Å²) < 4.78 is 4.12. The van der Waals surface area contributed by atoms with Crippen LogP contribution in [-0.2, 0) is 6.54 Å². The molecule has 1 saturated carbocycles. The van der Waals surface area contributed by atoms with E-state index in [-0.39, 0.29) is 18.0 Å². The van der Waals surface area contributed by atoms with Gasteiger partial charge in [0.15, 0.2) is 5.78 Å². The minimum atomic E-state index is -0.0899. The molecule has 3 rings (SSSR count). The van der Waals surface area contributed by atoms with Crippen molar-refractivity contribution in [3.8, 4) is 0 Å². The van der Waals surface area contributed by atoms with Gasteiger partial charge in [0.25, 0.3) is 0 Å². The molecule has 0 bridgehead atoms. The number of rotatable bonds is 4. The molecule has 0 unspecified atom stereocenters. The fraction of sp³-hybridized carbons (Fsp3) is 0.286. The van der Waals surface area contributed by atoms with Crippen LogP contribution in [0.2, 0.25) is 0 Å². The summed E-state index contributed by atoms with van der Waals surface area (Å²) in [6, 6.07) is 7.51. The van der Waals surface area contributed by atoms with Crippen LogP contribution in [0.15, 0.2) is 45.9 Å². The molecule has 5 heteroatoms. The molecule has 1 aromatic heterocycles. The third-order valence-corrected chi connectivity index (χ3v) is 3.82. The smallest absolute Gasteiger partial charge is 0.296 e. The normalized spacial score (nSPS) is 14.6. The van der Waals surface area contributed by atoms with E-state index in [0.29, 0.717) is 11.6 Å². The molecule has 1 aliphatic carbocycles. The van der Waals surface area contributed by atoms with E-state index in [1.54, 1.807) is 29.1 Å². The Morgan fingerprint density at radius 3 is 2.53 bits per heavy atom. The Balaban J connectivity index is 1.79. The second-order valence-electron chi connectivity index (χ2n) is 4.78. The van der Waals surface area contributed by atoms with Gasteiger partial charge in [-0.3, -0.25) is 13.9 Å². The first-order chi connectivity index (χ1) is 9.15. The van der Waals surface area contributed by atoms with Gasteiger partial charge >= 0.3 is 5.69 Å². The Labute approximate surface area is 118 Å². The SMILES string of the molecule is O=C(Cn1ccn(C2CC2)c1=O)c1ccc(Br)cc1. The van der Waals surface area contributed by atoms with Gasteiger partial charge in [-0.25, -0.2) is 4.79 Å². The van der Waals surface area contributed by atoms with Crippen molar-refractivity contribution in [2.45, 2.75) is 25.4 Å². The van der Waals surface area contributed by atoms with Crippen LogP contribution in [0, 0.1) is 0 Å². The monoisotopic (exact) mass is 320 g/mol. The molecule has 1 aliphatic rings. The van der Waals surface area contributed by atoms with Crippen LogP contribution in [-0.4, -0.2) is 14.9 Å². The zero-order valence-corrected chi connectivity index (χ0v) is 11.8. The maximum absolute atomic E-state index is 12.1. The van der Waals surface area contributed by atoms with Crippen molar-refractivity contribution in [2.24, 2.45) is 0 Å². The van der Waals surface area contributed by atoms with Gasteiger partial charge in [-0.2, -0.15) is 0 Å². The zero-order chi connectivity index (χ0) is 13.4. The van der Waals surface area contributed by atoms with Gasteiger partial charge in [-0.15, -0.1) is 0 Å². The topological polar surface area (TPSA) is 44.0 Å². The Kier molecular flexibility index (Phi) is 3.14. The number of halogens is 1. The Bertz CT molecular complexity index is 665. The van der Waals surface area contributed by atoms with E-state index in [1.165, 1.54) is 4.57 Å². The summed E-state index contributed by atoms with van der Waals surface area (Å²) in [4.78, 5) is 24.1. The lowest BCUT2D eigenvalue weighted by molar-refractivity contribution is 0.0970. The van der Waals surface area contributed by atoms with Crippen LogP contribution < -0.4 is 5.69 Å². The van der Waals surface area contributed by atoms with E-state index in [0.717, 1.165) is 17.3 Å². The fourth-order valence-corrected chi connectivity index (χ4v) is 2.33. The molecule has 2 aromatic rings. The Morgan fingerprint density at radius 1 is 1.21 bits per heavy atom. The van der Waals surface area contributed by atoms with Crippen LogP contribution in [0.3, 0.4) is 0 Å². The van der Waals surface area contributed by atoms with Gasteiger partial charge in [0.1, 0.15) is 0 Å². The molecule has 0 amide bonds. The van der Waals surface area contributed by atoms with Crippen LogP contribution in [0.5, 0.6) is 0 Å². The Hall–Kier alpha value is -1.62. The highest BCUT2D eigenvalue weighted by atomic mass is 79.9. The summed E-state index contributed by atoms with van der Waals surface area (Å²) in [5.41, 5.74) is 0.530. The van der Waals surface area contributed by atoms with E-state index in [1.807, 2.05) is 12.1 Å². The summed E-state index contributed by atoms with van der Waals surface area (Å²) in [7, 11) is 0. The number of Topliss-reactive ketones (excluding diaryl/α,β-unsaturated/α-hetero) is 1. The molecule has 0 radical (unpaired) electrons. The molecular formula is C14H13BrN2O2. The highest BCUT2D eigenvalue weighted by Crippen LogP contribution is 2.33. The maximum atomic E-state index is 12.1. The summed E-state index contributed by atoms with van der Waals surface area (Å²) in [5.74, 6) is -0.0526. The predicted molar refractivity (Wildman–Crippen MR) is 75.4 cm³/mol. The first-order valence-corrected chi connectivity index (χ1v) is 7.00. The number of imidazole rings is 1. The molecule has 0 aliphatic heterocycles. The van der Waals surface area contributed by atoms with Crippen LogP contribution in [0.4, 0.5) is 0 Å². The van der Waals surface area contributed by atoms with Crippen LogP contribution in [0.1, 0.15) is 29.2 Å². The number of carbonyl (C=O) groups is 1. The first-order valence-electron chi connectivity index (χ1n) is 6.21. The summed E-state index contributed by atoms with van der Waals surface area (Å²) in [6.45, 7) is 0.0974.